The zero-order valence-electron chi connectivity index (χ0n) is 9.25. The van der Waals surface area contributed by atoms with E-state index in [0.717, 1.165) is 37.2 Å². The van der Waals surface area contributed by atoms with Crippen LogP contribution in [0.2, 0.25) is 0 Å². The predicted molar refractivity (Wildman–Crippen MR) is 57.8 cm³/mol. The van der Waals surface area contributed by atoms with Crippen molar-refractivity contribution >= 4 is 0 Å². The van der Waals surface area contributed by atoms with E-state index in [9.17, 15) is 0 Å². The van der Waals surface area contributed by atoms with Gasteiger partial charge in [0.25, 0.3) is 0 Å². The van der Waals surface area contributed by atoms with E-state index in [4.69, 9.17) is 4.74 Å². The van der Waals surface area contributed by atoms with Gasteiger partial charge >= 0.3 is 0 Å². The highest BCUT2D eigenvalue weighted by molar-refractivity contribution is 5.07. The summed E-state index contributed by atoms with van der Waals surface area (Å²) in [6.45, 7) is 5.22. The van der Waals surface area contributed by atoms with Gasteiger partial charge in [0.05, 0.1) is 12.7 Å². The van der Waals surface area contributed by atoms with E-state index in [1.165, 1.54) is 12.8 Å². The molecule has 0 aromatic carbocycles. The van der Waals surface area contributed by atoms with Crippen molar-refractivity contribution in [2.24, 2.45) is 17.8 Å². The zero-order chi connectivity index (χ0) is 9.97. The molecule has 0 spiro atoms. The molecule has 0 aromatic heterocycles. The molecule has 0 saturated heterocycles. The van der Waals surface area contributed by atoms with Crippen LogP contribution in [0.15, 0.2) is 0 Å². The Morgan fingerprint density at radius 3 is 2.21 bits per heavy atom. The lowest BCUT2D eigenvalue weighted by atomic mass is 10.1. The zero-order valence-corrected chi connectivity index (χ0v) is 9.25. The van der Waals surface area contributed by atoms with Crippen molar-refractivity contribution in [1.29, 1.82) is 0 Å². The van der Waals surface area contributed by atoms with Gasteiger partial charge < -0.3 is 4.74 Å². The number of fused-ring (bicyclic) bond motifs is 1. The van der Waals surface area contributed by atoms with E-state index in [1.807, 2.05) is 0 Å². The first-order valence-electron chi connectivity index (χ1n) is 5.86. The van der Waals surface area contributed by atoms with Crippen LogP contribution in [0.5, 0.6) is 0 Å². The second kappa shape index (κ2) is 4.36. The van der Waals surface area contributed by atoms with Crippen LogP contribution in [0.4, 0.5) is 0 Å². The van der Waals surface area contributed by atoms with E-state index >= 15 is 0 Å². The van der Waals surface area contributed by atoms with Crippen LogP contribution in [0, 0.1) is 29.6 Å². The third-order valence-corrected chi connectivity index (χ3v) is 3.46. The van der Waals surface area contributed by atoms with Gasteiger partial charge in [-0.25, -0.2) is 0 Å². The van der Waals surface area contributed by atoms with Gasteiger partial charge in [0.15, 0.2) is 0 Å². The first kappa shape index (κ1) is 10.1. The molecule has 1 nitrogen and oxygen atoms in total. The minimum atomic E-state index is 0.387. The molecule has 0 N–H and O–H groups in total. The molecule has 0 aromatic rings. The van der Waals surface area contributed by atoms with E-state index in [-0.39, 0.29) is 0 Å². The lowest BCUT2D eigenvalue weighted by molar-refractivity contribution is 0.0656. The SMILES string of the molecule is CC(C)OC[C@@H]1[C@@H]2CCC#CCC[C@@H]21. The average molecular weight is 192 g/mol. The van der Waals surface area contributed by atoms with Gasteiger partial charge in [0.1, 0.15) is 0 Å². The fourth-order valence-corrected chi connectivity index (χ4v) is 2.59. The Kier molecular flexibility index (Phi) is 3.13. The Morgan fingerprint density at radius 2 is 1.71 bits per heavy atom. The molecule has 78 valence electrons. The molecule has 1 saturated carbocycles. The standard InChI is InChI=1S/C13H20O/c1-10(2)14-9-13-11-7-5-3-4-6-8-12(11)13/h10-13H,5-9H2,1-2H3/t11-,12+,13-. The summed E-state index contributed by atoms with van der Waals surface area (Å²) in [6, 6.07) is 0. The Hall–Kier alpha value is -0.480. The quantitative estimate of drug-likeness (QED) is 0.625. The van der Waals surface area contributed by atoms with Gasteiger partial charge in [0.2, 0.25) is 0 Å². The first-order valence-corrected chi connectivity index (χ1v) is 5.86. The monoisotopic (exact) mass is 192 g/mol. The van der Waals surface area contributed by atoms with Crippen molar-refractivity contribution in [1.82, 2.24) is 0 Å². The molecule has 0 bridgehead atoms. The predicted octanol–water partition coefficient (Wildman–Crippen LogP) is 2.85. The van der Waals surface area contributed by atoms with Gasteiger partial charge in [-0.2, -0.15) is 0 Å². The molecule has 0 radical (unpaired) electrons. The number of hydrogen-bond donors (Lipinski definition) is 0. The molecular formula is C13H20O. The van der Waals surface area contributed by atoms with Gasteiger partial charge in [-0.1, -0.05) is 0 Å². The average Bonchev–Trinajstić information content (AvgIpc) is 2.72. The van der Waals surface area contributed by atoms with Crippen molar-refractivity contribution in [2.75, 3.05) is 6.61 Å². The van der Waals surface area contributed by atoms with Crippen molar-refractivity contribution in [3.05, 3.63) is 0 Å². The molecule has 1 heteroatoms. The van der Waals surface area contributed by atoms with E-state index in [1.54, 1.807) is 0 Å². The third-order valence-electron chi connectivity index (χ3n) is 3.46. The molecule has 0 heterocycles. The van der Waals surface area contributed by atoms with Crippen molar-refractivity contribution in [3.8, 4) is 11.8 Å². The third kappa shape index (κ3) is 2.30. The maximum atomic E-state index is 5.70. The number of rotatable bonds is 3. The molecule has 1 fully saturated rings. The van der Waals surface area contributed by atoms with Crippen LogP contribution in [0.1, 0.15) is 39.5 Å². The summed E-state index contributed by atoms with van der Waals surface area (Å²) in [4.78, 5) is 0. The summed E-state index contributed by atoms with van der Waals surface area (Å²) in [6.07, 6.45) is 5.23. The second-order valence-corrected chi connectivity index (χ2v) is 4.80. The van der Waals surface area contributed by atoms with Crippen LogP contribution in [-0.4, -0.2) is 12.7 Å². The Labute approximate surface area is 87.2 Å². The summed E-state index contributed by atoms with van der Waals surface area (Å²) in [5, 5.41) is 0. The summed E-state index contributed by atoms with van der Waals surface area (Å²) in [5.41, 5.74) is 0. The summed E-state index contributed by atoms with van der Waals surface area (Å²) in [5.74, 6) is 9.19. The Bertz CT molecular complexity index is 228. The van der Waals surface area contributed by atoms with E-state index in [0.29, 0.717) is 6.10 Å². The molecule has 2 aliphatic carbocycles. The molecule has 0 aliphatic heterocycles. The van der Waals surface area contributed by atoms with Gasteiger partial charge in [-0.15, -0.1) is 11.8 Å². The summed E-state index contributed by atoms with van der Waals surface area (Å²) < 4.78 is 5.70. The van der Waals surface area contributed by atoms with E-state index < -0.39 is 0 Å². The molecular weight excluding hydrogens is 172 g/mol. The lowest BCUT2D eigenvalue weighted by Gasteiger charge is -2.06. The highest BCUT2D eigenvalue weighted by Gasteiger charge is 2.48. The maximum Gasteiger partial charge on any atom is 0.0519 e. The summed E-state index contributed by atoms with van der Waals surface area (Å²) >= 11 is 0. The first-order chi connectivity index (χ1) is 6.79. The smallest absolute Gasteiger partial charge is 0.0519 e. The summed E-state index contributed by atoms with van der Waals surface area (Å²) in [7, 11) is 0. The van der Waals surface area contributed by atoms with Crippen molar-refractivity contribution < 1.29 is 4.74 Å². The Balaban J connectivity index is 1.77. The van der Waals surface area contributed by atoms with Gasteiger partial charge in [0, 0.05) is 12.8 Å². The molecule has 0 amide bonds. The van der Waals surface area contributed by atoms with Gasteiger partial charge in [-0.05, 0) is 44.4 Å². The van der Waals surface area contributed by atoms with Crippen LogP contribution in [-0.2, 0) is 4.74 Å². The lowest BCUT2D eigenvalue weighted by Crippen LogP contribution is -2.06. The van der Waals surface area contributed by atoms with Gasteiger partial charge in [-0.3, -0.25) is 0 Å². The second-order valence-electron chi connectivity index (χ2n) is 4.80. The molecule has 0 unspecified atom stereocenters. The fourth-order valence-electron chi connectivity index (χ4n) is 2.59. The molecule has 2 aliphatic rings. The van der Waals surface area contributed by atoms with Crippen LogP contribution in [0.3, 0.4) is 0 Å². The number of hydrogen-bond acceptors (Lipinski definition) is 1. The van der Waals surface area contributed by atoms with Crippen LogP contribution in [0.25, 0.3) is 0 Å². The Morgan fingerprint density at radius 1 is 1.14 bits per heavy atom. The normalized spacial score (nSPS) is 35.2. The van der Waals surface area contributed by atoms with Crippen molar-refractivity contribution in [2.45, 2.75) is 45.6 Å². The molecule has 2 rings (SSSR count). The number of ether oxygens (including phenoxy) is 1. The van der Waals surface area contributed by atoms with Crippen LogP contribution >= 0.6 is 0 Å². The minimum Gasteiger partial charge on any atom is -0.378 e. The molecule has 14 heavy (non-hydrogen) atoms. The minimum absolute atomic E-state index is 0.387. The van der Waals surface area contributed by atoms with E-state index in [2.05, 4.69) is 25.7 Å². The molecule has 3 atom stereocenters. The highest BCUT2D eigenvalue weighted by Crippen LogP contribution is 2.52. The van der Waals surface area contributed by atoms with Crippen molar-refractivity contribution in [3.63, 3.8) is 0 Å². The largest absolute Gasteiger partial charge is 0.378 e. The fraction of sp³-hybridized carbons (Fsp3) is 0.846. The highest BCUT2D eigenvalue weighted by atomic mass is 16.5. The van der Waals surface area contributed by atoms with Crippen LogP contribution < -0.4 is 0 Å². The topological polar surface area (TPSA) is 9.23 Å². The maximum absolute atomic E-state index is 5.70.